The average molecular weight is 340 g/mol. The van der Waals surface area contributed by atoms with Gasteiger partial charge in [-0.05, 0) is 27.2 Å². The summed E-state index contributed by atoms with van der Waals surface area (Å²) >= 11 is 1.76. The summed E-state index contributed by atoms with van der Waals surface area (Å²) in [5.41, 5.74) is 1.73. The van der Waals surface area contributed by atoms with E-state index in [0.29, 0.717) is 25.4 Å². The van der Waals surface area contributed by atoms with Crippen molar-refractivity contribution in [3.63, 3.8) is 0 Å². The van der Waals surface area contributed by atoms with Gasteiger partial charge in [0.25, 0.3) is 0 Å². The molecular weight excluding hydrogens is 316 g/mol. The topological polar surface area (TPSA) is 85.2 Å². The Labute approximate surface area is 140 Å². The molecule has 0 atom stereocenters. The van der Waals surface area contributed by atoms with Gasteiger partial charge in [0.1, 0.15) is 5.82 Å². The van der Waals surface area contributed by atoms with Crippen molar-refractivity contribution in [1.29, 1.82) is 0 Å². The number of hydrogen-bond acceptors (Lipinski definition) is 5. The minimum absolute atomic E-state index is 0.271. The number of carbonyl (C=O) groups is 2. The third kappa shape index (κ3) is 4.26. The van der Waals surface area contributed by atoms with Crippen LogP contribution in [0.25, 0.3) is 0 Å². The first kappa shape index (κ1) is 17.8. The molecule has 0 saturated carbocycles. The van der Waals surface area contributed by atoms with Crippen LogP contribution in [-0.2, 0) is 31.4 Å². The van der Waals surface area contributed by atoms with Crippen molar-refractivity contribution in [2.45, 2.75) is 44.2 Å². The zero-order valence-electron chi connectivity index (χ0n) is 14.1. The molecule has 0 saturated heterocycles. The number of ether oxygens (including phenoxy) is 1. The van der Waals surface area contributed by atoms with Gasteiger partial charge in [0.05, 0.1) is 11.2 Å². The quantitative estimate of drug-likeness (QED) is 0.626. The van der Waals surface area contributed by atoms with Gasteiger partial charge in [-0.2, -0.15) is 16.9 Å². The van der Waals surface area contributed by atoms with Crippen LogP contribution in [0.2, 0.25) is 0 Å². The van der Waals surface area contributed by atoms with E-state index in [9.17, 15) is 9.59 Å². The molecule has 0 aromatic carbocycles. The molecule has 1 aliphatic heterocycles. The molecule has 1 aromatic rings. The zero-order chi connectivity index (χ0) is 17.0. The summed E-state index contributed by atoms with van der Waals surface area (Å²) in [6, 6.07) is 0. The van der Waals surface area contributed by atoms with Crippen molar-refractivity contribution in [2.75, 3.05) is 25.6 Å². The van der Waals surface area contributed by atoms with E-state index < -0.39 is 11.8 Å². The maximum atomic E-state index is 12.2. The summed E-state index contributed by atoms with van der Waals surface area (Å²) < 4.78 is 6.71. The highest BCUT2D eigenvalue weighted by Gasteiger charge is 2.29. The van der Waals surface area contributed by atoms with Crippen molar-refractivity contribution < 1.29 is 14.3 Å². The van der Waals surface area contributed by atoms with E-state index in [4.69, 9.17) is 4.74 Å². The highest BCUT2D eigenvalue weighted by atomic mass is 32.2. The average Bonchev–Trinajstić information content (AvgIpc) is 3.05. The van der Waals surface area contributed by atoms with Gasteiger partial charge in [0, 0.05) is 37.3 Å². The lowest BCUT2D eigenvalue weighted by Crippen LogP contribution is -2.37. The maximum Gasteiger partial charge on any atom is 0.314 e. The molecule has 1 aliphatic rings. The van der Waals surface area contributed by atoms with Crippen LogP contribution >= 0.6 is 11.8 Å². The molecule has 0 fully saturated rings. The minimum atomic E-state index is -0.660. The second kappa shape index (κ2) is 7.35. The van der Waals surface area contributed by atoms with E-state index in [1.165, 1.54) is 0 Å². The number of hydrogen-bond donors (Lipinski definition) is 2. The molecule has 2 rings (SSSR count). The van der Waals surface area contributed by atoms with E-state index in [1.807, 2.05) is 20.8 Å². The van der Waals surface area contributed by atoms with E-state index in [1.54, 1.807) is 23.6 Å². The molecule has 2 heterocycles. The second-order valence-electron chi connectivity index (χ2n) is 6.41. The molecule has 0 aliphatic carbocycles. The van der Waals surface area contributed by atoms with Crippen LogP contribution in [0.4, 0.5) is 5.82 Å². The minimum Gasteiger partial charge on any atom is -0.385 e. The lowest BCUT2D eigenvalue weighted by atomic mass is 10.1. The van der Waals surface area contributed by atoms with Crippen LogP contribution in [0.1, 0.15) is 38.4 Å². The second-order valence-corrected chi connectivity index (χ2v) is 7.39. The van der Waals surface area contributed by atoms with Crippen molar-refractivity contribution in [3.8, 4) is 0 Å². The van der Waals surface area contributed by atoms with Crippen LogP contribution in [-0.4, -0.2) is 41.9 Å². The van der Waals surface area contributed by atoms with Crippen molar-refractivity contribution in [1.82, 2.24) is 15.1 Å². The molecule has 8 heteroatoms. The molecule has 1 aromatic heterocycles. The van der Waals surface area contributed by atoms with Gasteiger partial charge in [-0.15, -0.1) is 0 Å². The first-order valence-electron chi connectivity index (χ1n) is 7.61. The van der Waals surface area contributed by atoms with Gasteiger partial charge in [-0.1, -0.05) is 0 Å². The van der Waals surface area contributed by atoms with E-state index in [-0.39, 0.29) is 5.54 Å². The predicted molar refractivity (Wildman–Crippen MR) is 90.4 cm³/mol. The highest BCUT2D eigenvalue weighted by molar-refractivity contribution is 7.98. The first-order valence-corrected chi connectivity index (χ1v) is 8.77. The first-order chi connectivity index (χ1) is 10.8. The molecule has 0 unspecified atom stereocenters. The number of carbonyl (C=O) groups excluding carboxylic acids is 2. The Hall–Kier alpha value is -1.54. The zero-order valence-corrected chi connectivity index (χ0v) is 14.9. The van der Waals surface area contributed by atoms with E-state index in [2.05, 4.69) is 15.7 Å². The number of rotatable bonds is 5. The van der Waals surface area contributed by atoms with Gasteiger partial charge >= 0.3 is 11.8 Å². The van der Waals surface area contributed by atoms with Crippen LogP contribution in [0.5, 0.6) is 0 Å². The number of nitrogens with zero attached hydrogens (tertiary/aromatic N) is 2. The Balaban J connectivity index is 2.07. The third-order valence-electron chi connectivity index (χ3n) is 3.44. The molecule has 2 N–H and O–H groups in total. The van der Waals surface area contributed by atoms with Crippen molar-refractivity contribution in [3.05, 3.63) is 11.3 Å². The molecule has 7 nitrogen and oxygen atoms in total. The summed E-state index contributed by atoms with van der Waals surface area (Å²) in [6.07, 6.45) is 0.668. The summed E-state index contributed by atoms with van der Waals surface area (Å²) in [6.45, 7) is 7.00. The van der Waals surface area contributed by atoms with Gasteiger partial charge in [-0.25, -0.2) is 4.68 Å². The number of thioether (sulfide) groups is 1. The number of methoxy groups -OCH3 is 1. The Kier molecular flexibility index (Phi) is 5.69. The summed E-state index contributed by atoms with van der Waals surface area (Å²) in [4.78, 5) is 24.0. The van der Waals surface area contributed by atoms with Crippen LogP contribution < -0.4 is 10.6 Å². The van der Waals surface area contributed by atoms with Crippen LogP contribution in [0.3, 0.4) is 0 Å². The van der Waals surface area contributed by atoms with Crippen molar-refractivity contribution >= 4 is 29.4 Å². The molecular formula is C15H24N4O3S. The predicted octanol–water partition coefficient (Wildman–Crippen LogP) is 1.48. The Bertz CT molecular complexity index is 592. The molecule has 2 amide bonds. The SMILES string of the molecule is COCCCNC(=O)C(=O)Nc1c2c(nn1C(C)(C)C)CSC2. The number of amides is 2. The third-order valence-corrected chi connectivity index (χ3v) is 4.41. The number of anilines is 1. The Morgan fingerprint density at radius 3 is 2.70 bits per heavy atom. The van der Waals surface area contributed by atoms with Gasteiger partial charge in [-0.3, -0.25) is 9.59 Å². The Morgan fingerprint density at radius 2 is 2.04 bits per heavy atom. The smallest absolute Gasteiger partial charge is 0.314 e. The van der Waals surface area contributed by atoms with Crippen LogP contribution in [0.15, 0.2) is 0 Å². The highest BCUT2D eigenvalue weighted by Crippen LogP contribution is 2.37. The number of fused-ring (bicyclic) bond motifs is 1. The Morgan fingerprint density at radius 1 is 1.30 bits per heavy atom. The van der Waals surface area contributed by atoms with E-state index in [0.717, 1.165) is 22.8 Å². The fourth-order valence-corrected chi connectivity index (χ4v) is 3.32. The normalized spacial score (nSPS) is 13.7. The molecule has 128 valence electrons. The lowest BCUT2D eigenvalue weighted by Gasteiger charge is -2.23. The van der Waals surface area contributed by atoms with Crippen LogP contribution in [0, 0.1) is 0 Å². The number of aromatic nitrogens is 2. The fraction of sp³-hybridized carbons (Fsp3) is 0.667. The molecule has 0 radical (unpaired) electrons. The fourth-order valence-electron chi connectivity index (χ4n) is 2.29. The largest absolute Gasteiger partial charge is 0.385 e. The van der Waals surface area contributed by atoms with E-state index >= 15 is 0 Å². The van der Waals surface area contributed by atoms with Gasteiger partial charge in [0.15, 0.2) is 0 Å². The molecule has 23 heavy (non-hydrogen) atoms. The summed E-state index contributed by atoms with van der Waals surface area (Å²) in [5.74, 6) is 0.977. The summed E-state index contributed by atoms with van der Waals surface area (Å²) in [5, 5.41) is 9.93. The molecule has 0 bridgehead atoms. The molecule has 0 spiro atoms. The standard InChI is InChI=1S/C15H24N4O3S/c1-15(2,3)19-12(10-8-23-9-11(10)18-19)17-14(21)13(20)16-6-5-7-22-4/h5-9H2,1-4H3,(H,16,20)(H,17,21). The van der Waals surface area contributed by atoms with Gasteiger partial charge < -0.3 is 15.4 Å². The number of nitrogens with one attached hydrogen (secondary N) is 2. The van der Waals surface area contributed by atoms with Gasteiger partial charge in [0.2, 0.25) is 0 Å². The monoisotopic (exact) mass is 340 g/mol. The lowest BCUT2D eigenvalue weighted by molar-refractivity contribution is -0.136. The summed E-state index contributed by atoms with van der Waals surface area (Å²) in [7, 11) is 1.60. The maximum absolute atomic E-state index is 12.2. The van der Waals surface area contributed by atoms with Crippen molar-refractivity contribution in [2.24, 2.45) is 0 Å².